The van der Waals surface area contributed by atoms with Crippen LogP contribution in [0.15, 0.2) is 58.3 Å². The normalized spacial score (nSPS) is 11.8. The number of rotatable bonds is 10. The van der Waals surface area contributed by atoms with Gasteiger partial charge in [0.05, 0.1) is 11.3 Å². The van der Waals surface area contributed by atoms with E-state index in [4.69, 9.17) is 10.5 Å². The zero-order valence-corrected chi connectivity index (χ0v) is 21.8. The van der Waals surface area contributed by atoms with Crippen LogP contribution in [0.5, 0.6) is 11.6 Å². The smallest absolute Gasteiger partial charge is 0.387 e. The average molecular weight is 559 g/mol. The number of aromatic nitrogens is 3. The van der Waals surface area contributed by atoms with Crippen molar-refractivity contribution in [3.63, 3.8) is 0 Å². The Morgan fingerprint density at radius 2 is 1.80 bits per heavy atom. The van der Waals surface area contributed by atoms with E-state index in [0.717, 1.165) is 0 Å². The van der Waals surface area contributed by atoms with Crippen LogP contribution in [0.1, 0.15) is 11.1 Å². The van der Waals surface area contributed by atoms with E-state index in [2.05, 4.69) is 19.8 Å². The van der Waals surface area contributed by atoms with Crippen LogP contribution in [0.25, 0.3) is 27.8 Å². The number of anilines is 1. The molecule has 0 spiro atoms. The Kier molecular flexibility index (Phi) is 8.63. The molecule has 13 heteroatoms. The second-order valence-electron chi connectivity index (χ2n) is 8.95. The van der Waals surface area contributed by atoms with E-state index < -0.39 is 25.2 Å². The number of aliphatic imine (C=N–C) groups is 1. The van der Waals surface area contributed by atoms with Gasteiger partial charge in [0.25, 0.3) is 12.0 Å². The number of pyridine rings is 1. The van der Waals surface area contributed by atoms with E-state index in [9.17, 15) is 22.4 Å². The molecule has 0 fully saturated rings. The van der Waals surface area contributed by atoms with Crippen molar-refractivity contribution >= 4 is 22.9 Å². The summed E-state index contributed by atoms with van der Waals surface area (Å²) in [6.07, 6.45) is -1.20. The summed E-state index contributed by atoms with van der Waals surface area (Å²) in [6, 6.07) is 11.8. The summed E-state index contributed by atoms with van der Waals surface area (Å²) < 4.78 is 62.1. The Balaban J connectivity index is 2.04. The predicted octanol–water partition coefficient (Wildman–Crippen LogP) is 4.39. The summed E-state index contributed by atoms with van der Waals surface area (Å²) >= 11 is 0. The van der Waals surface area contributed by atoms with Crippen LogP contribution in [-0.4, -0.2) is 66.7 Å². The molecule has 0 aliphatic heterocycles. The third-order valence-corrected chi connectivity index (χ3v) is 5.69. The van der Waals surface area contributed by atoms with E-state index in [-0.39, 0.29) is 22.7 Å². The molecule has 0 saturated heterocycles. The molecule has 0 atom stereocenters. The molecular formula is C27H26F4N6O3. The monoisotopic (exact) mass is 558 g/mol. The summed E-state index contributed by atoms with van der Waals surface area (Å²) in [7, 11) is 5.20. The fourth-order valence-electron chi connectivity index (χ4n) is 4.07. The van der Waals surface area contributed by atoms with Crippen molar-refractivity contribution in [2.45, 2.75) is 19.6 Å². The Labute approximate surface area is 226 Å². The Morgan fingerprint density at radius 1 is 1.07 bits per heavy atom. The number of hydrogen-bond donors (Lipinski definition) is 1. The van der Waals surface area contributed by atoms with Gasteiger partial charge in [0.2, 0.25) is 5.88 Å². The second-order valence-corrected chi connectivity index (χ2v) is 8.95. The van der Waals surface area contributed by atoms with E-state index in [0.29, 0.717) is 40.1 Å². The van der Waals surface area contributed by atoms with Crippen LogP contribution in [0, 0.1) is 0 Å². The molecule has 0 amide bonds. The lowest BCUT2D eigenvalue weighted by molar-refractivity contribution is -0.0498. The van der Waals surface area contributed by atoms with Crippen molar-refractivity contribution in [1.82, 2.24) is 19.7 Å². The number of alkyl halides is 4. The van der Waals surface area contributed by atoms with Crippen molar-refractivity contribution in [1.29, 1.82) is 0 Å². The van der Waals surface area contributed by atoms with Gasteiger partial charge in [-0.2, -0.15) is 18.6 Å². The molecule has 4 aromatic rings. The SMILES string of the molecule is CN=Cc1cc(-n2nc3c(CN(C)C)cc(OCC(F)F)nc3c(-c3ccc(OC(F)F)cc3)c2=O)ccc1N. The Hall–Kier alpha value is -4.52. The summed E-state index contributed by atoms with van der Waals surface area (Å²) in [6.45, 7) is -3.61. The summed E-state index contributed by atoms with van der Waals surface area (Å²) in [5.74, 6) is -0.224. The van der Waals surface area contributed by atoms with Gasteiger partial charge in [-0.15, -0.1) is 0 Å². The molecule has 2 heterocycles. The van der Waals surface area contributed by atoms with Gasteiger partial charge in [0.1, 0.15) is 16.8 Å². The van der Waals surface area contributed by atoms with Gasteiger partial charge in [-0.3, -0.25) is 9.79 Å². The number of nitrogen functional groups attached to an aromatic ring is 1. The molecule has 0 unspecified atom stereocenters. The zero-order chi connectivity index (χ0) is 29.0. The van der Waals surface area contributed by atoms with Crippen LogP contribution >= 0.6 is 0 Å². The molecule has 4 rings (SSSR count). The third kappa shape index (κ3) is 6.37. The van der Waals surface area contributed by atoms with Crippen molar-refractivity contribution in [2.75, 3.05) is 33.5 Å². The van der Waals surface area contributed by atoms with Crippen molar-refractivity contribution in [3.8, 4) is 28.4 Å². The van der Waals surface area contributed by atoms with Gasteiger partial charge in [0, 0.05) is 42.7 Å². The van der Waals surface area contributed by atoms with Gasteiger partial charge in [-0.05, 0) is 50.0 Å². The largest absolute Gasteiger partial charge is 0.472 e. The molecule has 40 heavy (non-hydrogen) atoms. The Bertz CT molecular complexity index is 1590. The highest BCUT2D eigenvalue weighted by Gasteiger charge is 2.21. The summed E-state index contributed by atoms with van der Waals surface area (Å²) in [5, 5.41) is 4.61. The maximum atomic E-state index is 14.0. The lowest BCUT2D eigenvalue weighted by atomic mass is 10.0. The molecule has 2 aromatic carbocycles. The Morgan fingerprint density at radius 3 is 2.42 bits per heavy atom. The number of halogens is 4. The molecule has 2 N–H and O–H groups in total. The molecule has 9 nitrogen and oxygen atoms in total. The van der Waals surface area contributed by atoms with Crippen LogP contribution < -0.4 is 20.8 Å². The summed E-state index contributed by atoms with van der Waals surface area (Å²) in [5.41, 5.74) is 8.15. The fourth-order valence-corrected chi connectivity index (χ4v) is 4.07. The average Bonchev–Trinajstić information content (AvgIpc) is 2.89. The minimum absolute atomic E-state index is 0.0543. The number of nitrogens with two attached hydrogens (primary N) is 1. The van der Waals surface area contributed by atoms with E-state index in [1.165, 1.54) is 35.0 Å². The van der Waals surface area contributed by atoms with Gasteiger partial charge in [-0.25, -0.2) is 13.8 Å². The lowest BCUT2D eigenvalue weighted by Gasteiger charge is -2.17. The molecule has 0 aliphatic carbocycles. The second kappa shape index (κ2) is 12.1. The maximum absolute atomic E-state index is 14.0. The number of ether oxygens (including phenoxy) is 2. The van der Waals surface area contributed by atoms with E-state index in [1.54, 1.807) is 45.6 Å². The highest BCUT2D eigenvalue weighted by molar-refractivity contribution is 5.93. The maximum Gasteiger partial charge on any atom is 0.387 e. The van der Waals surface area contributed by atoms with Crippen molar-refractivity contribution < 1.29 is 27.0 Å². The molecule has 2 aromatic heterocycles. The van der Waals surface area contributed by atoms with Gasteiger partial charge in [-0.1, -0.05) is 12.1 Å². The first-order valence-electron chi connectivity index (χ1n) is 12.0. The molecule has 0 saturated carbocycles. The van der Waals surface area contributed by atoms with E-state index in [1.807, 2.05) is 4.90 Å². The van der Waals surface area contributed by atoms with E-state index >= 15 is 0 Å². The molecular weight excluding hydrogens is 532 g/mol. The number of hydrogen-bond acceptors (Lipinski definition) is 8. The highest BCUT2D eigenvalue weighted by atomic mass is 19.3. The number of benzene rings is 2. The molecule has 210 valence electrons. The summed E-state index contributed by atoms with van der Waals surface area (Å²) in [4.78, 5) is 24.2. The van der Waals surface area contributed by atoms with Crippen LogP contribution in [0.4, 0.5) is 23.2 Å². The first-order chi connectivity index (χ1) is 19.1. The van der Waals surface area contributed by atoms with Crippen molar-refractivity contribution in [3.05, 3.63) is 70.0 Å². The highest BCUT2D eigenvalue weighted by Crippen LogP contribution is 2.30. The van der Waals surface area contributed by atoms with Crippen molar-refractivity contribution in [2.24, 2.45) is 4.99 Å². The molecule has 0 bridgehead atoms. The number of fused-ring (bicyclic) bond motifs is 1. The predicted molar refractivity (Wildman–Crippen MR) is 144 cm³/mol. The standard InChI is InChI=1S/C27H26F4N6O3/c1-33-12-16-10-18(6-9-20(16)32)37-26(38)23(15-4-7-19(8-5-15)40-27(30)31)25-24(35-37)17(13-36(2)3)11-22(34-25)39-14-21(28)29/h4-12,21,27H,13-14,32H2,1-3H3. The number of nitrogens with zero attached hydrogens (tertiary/aromatic N) is 5. The van der Waals surface area contributed by atoms with Crippen LogP contribution in [0.3, 0.4) is 0 Å². The van der Waals surface area contributed by atoms with Gasteiger partial charge in [0.15, 0.2) is 6.61 Å². The molecule has 0 radical (unpaired) electrons. The van der Waals surface area contributed by atoms with Crippen LogP contribution in [0.2, 0.25) is 0 Å². The van der Waals surface area contributed by atoms with Crippen LogP contribution in [-0.2, 0) is 6.54 Å². The fraction of sp³-hybridized carbons (Fsp3) is 0.259. The lowest BCUT2D eigenvalue weighted by Crippen LogP contribution is -2.25. The first-order valence-corrected chi connectivity index (χ1v) is 12.0. The quantitative estimate of drug-likeness (QED) is 0.175. The minimum atomic E-state index is -3.03. The van der Waals surface area contributed by atoms with Gasteiger partial charge < -0.3 is 20.1 Å². The van der Waals surface area contributed by atoms with Gasteiger partial charge >= 0.3 is 6.61 Å². The first kappa shape index (κ1) is 28.5. The topological polar surface area (TPSA) is 108 Å². The zero-order valence-electron chi connectivity index (χ0n) is 21.8. The minimum Gasteiger partial charge on any atom is -0.472 e. The third-order valence-electron chi connectivity index (χ3n) is 5.69. The molecule has 0 aliphatic rings.